The van der Waals surface area contributed by atoms with Crippen molar-refractivity contribution in [2.24, 2.45) is 16.6 Å². The number of ether oxygens (including phenoxy) is 1. The lowest BCUT2D eigenvalue weighted by atomic mass is 9.95. The number of hydrogen-bond donors (Lipinski definition) is 2. The summed E-state index contributed by atoms with van der Waals surface area (Å²) in [5.41, 5.74) is 5.32. The van der Waals surface area contributed by atoms with E-state index in [2.05, 4.69) is 27.2 Å². The third-order valence-electron chi connectivity index (χ3n) is 4.35. The molecule has 2 atom stereocenters. The number of rotatable bonds is 4. The Balaban J connectivity index is 1.81. The molecule has 2 fully saturated rings. The maximum absolute atomic E-state index is 11.1. The number of nitrogens with two attached hydrogens (primary N) is 1. The zero-order chi connectivity index (χ0) is 15.9. The highest BCUT2D eigenvalue weighted by Crippen LogP contribution is 2.19. The molecule has 0 aromatic heterocycles. The molecule has 0 bridgehead atoms. The van der Waals surface area contributed by atoms with Crippen LogP contribution in [0.4, 0.5) is 0 Å². The van der Waals surface area contributed by atoms with Crippen molar-refractivity contribution >= 4 is 11.9 Å². The second kappa shape index (κ2) is 8.33. The van der Waals surface area contributed by atoms with Crippen LogP contribution in [0.25, 0.3) is 0 Å². The third kappa shape index (κ3) is 5.14. The van der Waals surface area contributed by atoms with E-state index in [0.717, 1.165) is 58.1 Å². The lowest BCUT2D eigenvalue weighted by Gasteiger charge is -2.36. The Morgan fingerprint density at radius 3 is 2.91 bits per heavy atom. The molecule has 0 aliphatic carbocycles. The Morgan fingerprint density at radius 2 is 2.23 bits per heavy atom. The molecule has 2 aliphatic rings. The largest absolute Gasteiger partial charge is 0.374 e. The summed E-state index contributed by atoms with van der Waals surface area (Å²) in [6.45, 7) is 5.29. The number of amides is 1. The van der Waals surface area contributed by atoms with Crippen molar-refractivity contribution in [3.05, 3.63) is 0 Å². The van der Waals surface area contributed by atoms with Crippen molar-refractivity contribution in [1.82, 2.24) is 15.1 Å². The molecule has 2 saturated heterocycles. The van der Waals surface area contributed by atoms with Crippen molar-refractivity contribution in [3.8, 4) is 0 Å². The number of aliphatic imine (C=N–C) groups is 1. The van der Waals surface area contributed by atoms with Crippen LogP contribution in [0.15, 0.2) is 4.99 Å². The molecular formula is C15H29N5O2. The molecule has 2 aliphatic heterocycles. The molecule has 126 valence electrons. The van der Waals surface area contributed by atoms with Crippen molar-refractivity contribution in [3.63, 3.8) is 0 Å². The number of hydrogen-bond acceptors (Lipinski definition) is 4. The molecule has 2 unspecified atom stereocenters. The molecule has 7 nitrogen and oxygen atoms in total. The van der Waals surface area contributed by atoms with Crippen molar-refractivity contribution in [2.75, 3.05) is 53.4 Å². The van der Waals surface area contributed by atoms with Gasteiger partial charge in [-0.25, -0.2) is 0 Å². The number of likely N-dealkylation sites (tertiary alicyclic amines) is 1. The lowest BCUT2D eigenvalue weighted by molar-refractivity contribution is -0.119. The predicted molar refractivity (Wildman–Crippen MR) is 86.7 cm³/mol. The Hall–Kier alpha value is -1.34. The van der Waals surface area contributed by atoms with Gasteiger partial charge in [0.25, 0.3) is 0 Å². The van der Waals surface area contributed by atoms with E-state index in [1.807, 2.05) is 0 Å². The van der Waals surface area contributed by atoms with Gasteiger partial charge in [0.1, 0.15) is 0 Å². The van der Waals surface area contributed by atoms with Crippen molar-refractivity contribution in [2.45, 2.75) is 25.4 Å². The van der Waals surface area contributed by atoms with Gasteiger partial charge in [0, 0.05) is 46.2 Å². The van der Waals surface area contributed by atoms with E-state index in [4.69, 9.17) is 10.5 Å². The molecule has 0 spiro atoms. The average molecular weight is 311 g/mol. The zero-order valence-electron chi connectivity index (χ0n) is 13.8. The van der Waals surface area contributed by atoms with Gasteiger partial charge in [-0.1, -0.05) is 0 Å². The van der Waals surface area contributed by atoms with Gasteiger partial charge in [-0.05, 0) is 25.8 Å². The molecule has 3 N–H and O–H groups in total. The number of guanidine groups is 1. The smallest absolute Gasteiger partial charge is 0.217 e. The highest BCUT2D eigenvalue weighted by atomic mass is 16.5. The standard InChI is InChI=1S/C15H29N5O2/c1-17-15(18-9-13-11-19(2)6-7-22-13)20-5-3-4-12(10-20)8-14(16)21/h12-13H,3-11H2,1-2H3,(H2,16,21)(H,17,18). The van der Waals surface area contributed by atoms with Crippen molar-refractivity contribution in [1.29, 1.82) is 0 Å². The van der Waals surface area contributed by atoms with Gasteiger partial charge in [-0.15, -0.1) is 0 Å². The van der Waals surface area contributed by atoms with Crippen LogP contribution in [0.1, 0.15) is 19.3 Å². The lowest BCUT2D eigenvalue weighted by Crippen LogP contribution is -2.51. The Bertz CT molecular complexity index is 401. The van der Waals surface area contributed by atoms with Gasteiger partial charge < -0.3 is 25.6 Å². The third-order valence-corrected chi connectivity index (χ3v) is 4.35. The van der Waals surface area contributed by atoms with Gasteiger partial charge >= 0.3 is 0 Å². The Morgan fingerprint density at radius 1 is 1.41 bits per heavy atom. The summed E-state index contributed by atoms with van der Waals surface area (Å²) < 4.78 is 5.77. The number of likely N-dealkylation sites (N-methyl/N-ethyl adjacent to an activating group) is 1. The summed E-state index contributed by atoms with van der Waals surface area (Å²) in [5, 5.41) is 3.41. The van der Waals surface area contributed by atoms with Crippen LogP contribution in [0.2, 0.25) is 0 Å². The molecule has 2 rings (SSSR count). The topological polar surface area (TPSA) is 83.2 Å². The van der Waals surface area contributed by atoms with Gasteiger partial charge in [-0.3, -0.25) is 9.79 Å². The van der Waals surface area contributed by atoms with Crippen LogP contribution in [-0.2, 0) is 9.53 Å². The highest BCUT2D eigenvalue weighted by Gasteiger charge is 2.24. The fraction of sp³-hybridized carbons (Fsp3) is 0.867. The number of carbonyl (C=O) groups is 1. The SMILES string of the molecule is CN=C(NCC1CN(C)CCO1)N1CCCC(CC(N)=O)C1. The average Bonchev–Trinajstić information content (AvgIpc) is 2.48. The van der Waals surface area contributed by atoms with Crippen LogP contribution >= 0.6 is 0 Å². The number of carbonyl (C=O) groups excluding carboxylic acids is 1. The first-order chi connectivity index (χ1) is 10.6. The highest BCUT2D eigenvalue weighted by molar-refractivity contribution is 5.80. The fourth-order valence-corrected chi connectivity index (χ4v) is 3.24. The fourth-order valence-electron chi connectivity index (χ4n) is 3.24. The first kappa shape index (κ1) is 17.0. The minimum atomic E-state index is -0.214. The predicted octanol–water partition coefficient (Wildman–Crippen LogP) is -0.520. The summed E-state index contributed by atoms with van der Waals surface area (Å²) >= 11 is 0. The summed E-state index contributed by atoms with van der Waals surface area (Å²) in [7, 11) is 3.91. The van der Waals surface area contributed by atoms with E-state index in [9.17, 15) is 4.79 Å². The number of piperidine rings is 1. The molecule has 7 heteroatoms. The van der Waals surface area contributed by atoms with Crippen LogP contribution < -0.4 is 11.1 Å². The minimum absolute atomic E-state index is 0.196. The van der Waals surface area contributed by atoms with Gasteiger partial charge in [-0.2, -0.15) is 0 Å². The second-order valence-corrected chi connectivity index (χ2v) is 6.31. The molecule has 0 radical (unpaired) electrons. The normalized spacial score (nSPS) is 27.7. The first-order valence-corrected chi connectivity index (χ1v) is 8.12. The molecule has 0 aromatic carbocycles. The maximum Gasteiger partial charge on any atom is 0.217 e. The summed E-state index contributed by atoms with van der Waals surface area (Å²) in [5.74, 6) is 1.02. The van der Waals surface area contributed by atoms with E-state index >= 15 is 0 Å². The van der Waals surface area contributed by atoms with Crippen molar-refractivity contribution < 1.29 is 9.53 Å². The van der Waals surface area contributed by atoms with E-state index < -0.39 is 0 Å². The summed E-state index contributed by atoms with van der Waals surface area (Å²) in [6.07, 6.45) is 2.79. The second-order valence-electron chi connectivity index (χ2n) is 6.31. The summed E-state index contributed by atoms with van der Waals surface area (Å²) in [4.78, 5) is 20.0. The Kier molecular flexibility index (Phi) is 6.45. The van der Waals surface area contributed by atoms with E-state index in [0.29, 0.717) is 12.3 Å². The van der Waals surface area contributed by atoms with Crippen LogP contribution in [-0.4, -0.2) is 81.2 Å². The summed E-state index contributed by atoms with van der Waals surface area (Å²) in [6, 6.07) is 0. The van der Waals surface area contributed by atoms with E-state index in [-0.39, 0.29) is 12.0 Å². The van der Waals surface area contributed by atoms with Gasteiger partial charge in [0.15, 0.2) is 5.96 Å². The number of nitrogens with one attached hydrogen (secondary N) is 1. The number of morpholine rings is 1. The monoisotopic (exact) mass is 311 g/mol. The first-order valence-electron chi connectivity index (χ1n) is 8.12. The van der Waals surface area contributed by atoms with Crippen LogP contribution in [0, 0.1) is 5.92 Å². The van der Waals surface area contributed by atoms with Crippen LogP contribution in [0.3, 0.4) is 0 Å². The zero-order valence-corrected chi connectivity index (χ0v) is 13.8. The van der Waals surface area contributed by atoms with E-state index in [1.54, 1.807) is 7.05 Å². The molecule has 0 aromatic rings. The molecule has 1 amide bonds. The van der Waals surface area contributed by atoms with Crippen LogP contribution in [0.5, 0.6) is 0 Å². The quantitative estimate of drug-likeness (QED) is 0.539. The maximum atomic E-state index is 11.1. The Labute approximate surface area is 132 Å². The molecular weight excluding hydrogens is 282 g/mol. The molecule has 0 saturated carbocycles. The molecule has 2 heterocycles. The minimum Gasteiger partial charge on any atom is -0.374 e. The van der Waals surface area contributed by atoms with Gasteiger partial charge in [0.05, 0.1) is 12.7 Å². The number of primary amides is 1. The number of nitrogens with zero attached hydrogens (tertiary/aromatic N) is 3. The van der Waals surface area contributed by atoms with Gasteiger partial charge in [0.2, 0.25) is 5.91 Å². The molecule has 22 heavy (non-hydrogen) atoms. The van der Waals surface area contributed by atoms with E-state index in [1.165, 1.54) is 0 Å².